The van der Waals surface area contributed by atoms with Crippen molar-refractivity contribution in [2.45, 2.75) is 0 Å². The fourth-order valence-corrected chi connectivity index (χ4v) is 2.84. The molecule has 130 valence electrons. The molecule has 0 amide bonds. The first-order chi connectivity index (χ1) is 12.6. The third-order valence-corrected chi connectivity index (χ3v) is 4.06. The van der Waals surface area contributed by atoms with E-state index in [2.05, 4.69) is 14.9 Å². The van der Waals surface area contributed by atoms with Crippen LogP contribution in [-0.4, -0.2) is 36.5 Å². The van der Waals surface area contributed by atoms with E-state index in [9.17, 15) is 9.59 Å². The highest BCUT2D eigenvalue weighted by molar-refractivity contribution is 6.45. The lowest BCUT2D eigenvalue weighted by atomic mass is 9.95. The molecule has 0 N–H and O–H groups in total. The van der Waals surface area contributed by atoms with E-state index in [0.29, 0.717) is 33.7 Å². The van der Waals surface area contributed by atoms with Crippen molar-refractivity contribution in [2.24, 2.45) is 0 Å². The van der Waals surface area contributed by atoms with Gasteiger partial charge in [0.15, 0.2) is 11.5 Å². The smallest absolute Gasteiger partial charge is 0.347 e. The van der Waals surface area contributed by atoms with Crippen LogP contribution >= 0.6 is 0 Å². The molecule has 0 aliphatic carbocycles. The second kappa shape index (κ2) is 5.99. The Bertz CT molecular complexity index is 1080. The molecular formula is C18H12N2O6. The van der Waals surface area contributed by atoms with Crippen molar-refractivity contribution in [3.63, 3.8) is 0 Å². The Morgan fingerprint density at radius 2 is 1.38 bits per heavy atom. The maximum absolute atomic E-state index is 12.3. The molecule has 1 aliphatic heterocycles. The molecule has 0 atom stereocenters. The van der Waals surface area contributed by atoms with Crippen LogP contribution < -0.4 is 9.47 Å². The molecule has 0 unspecified atom stereocenters. The van der Waals surface area contributed by atoms with Gasteiger partial charge >= 0.3 is 11.9 Å². The molecule has 2 aromatic carbocycles. The summed E-state index contributed by atoms with van der Waals surface area (Å²) in [5.41, 5.74) is 2.26. The van der Waals surface area contributed by atoms with E-state index in [1.54, 1.807) is 36.4 Å². The molecule has 1 aliphatic rings. The summed E-state index contributed by atoms with van der Waals surface area (Å²) in [6.07, 6.45) is 0. The minimum absolute atomic E-state index is 0.145. The zero-order chi connectivity index (χ0) is 18.3. The molecule has 2 heterocycles. The van der Waals surface area contributed by atoms with Crippen molar-refractivity contribution in [2.75, 3.05) is 14.2 Å². The van der Waals surface area contributed by atoms with Gasteiger partial charge in [0.25, 0.3) is 0 Å². The van der Waals surface area contributed by atoms with Crippen LogP contribution in [0.4, 0.5) is 0 Å². The number of nitrogens with zero attached hydrogens (tertiary/aromatic N) is 2. The van der Waals surface area contributed by atoms with Crippen LogP contribution in [0.2, 0.25) is 0 Å². The van der Waals surface area contributed by atoms with Gasteiger partial charge in [-0.2, -0.15) is 0 Å². The zero-order valence-corrected chi connectivity index (χ0v) is 13.8. The number of rotatable bonds is 4. The van der Waals surface area contributed by atoms with Crippen molar-refractivity contribution in [3.8, 4) is 11.5 Å². The van der Waals surface area contributed by atoms with E-state index in [0.717, 1.165) is 0 Å². The predicted molar refractivity (Wildman–Crippen MR) is 89.3 cm³/mol. The lowest BCUT2D eigenvalue weighted by molar-refractivity contribution is -0.149. The monoisotopic (exact) mass is 352 g/mol. The molecular weight excluding hydrogens is 340 g/mol. The molecule has 8 heteroatoms. The van der Waals surface area contributed by atoms with Gasteiger partial charge in [-0.1, -0.05) is 12.1 Å². The fraction of sp³-hybridized carbons (Fsp3) is 0.111. The van der Waals surface area contributed by atoms with Crippen molar-refractivity contribution >= 4 is 34.1 Å². The van der Waals surface area contributed by atoms with E-state index in [1.807, 2.05) is 0 Å². The summed E-state index contributed by atoms with van der Waals surface area (Å²) in [5.74, 6) is -0.516. The van der Waals surface area contributed by atoms with Crippen LogP contribution in [-0.2, 0) is 14.3 Å². The van der Waals surface area contributed by atoms with Crippen LogP contribution in [0.1, 0.15) is 11.1 Å². The molecule has 0 fully saturated rings. The molecule has 0 bridgehead atoms. The van der Waals surface area contributed by atoms with Crippen LogP contribution in [0.5, 0.6) is 11.5 Å². The van der Waals surface area contributed by atoms with Crippen molar-refractivity contribution < 1.29 is 28.4 Å². The van der Waals surface area contributed by atoms with Gasteiger partial charge in [0.2, 0.25) is 0 Å². The zero-order valence-electron chi connectivity index (χ0n) is 13.8. The van der Waals surface area contributed by atoms with Crippen LogP contribution in [0, 0.1) is 0 Å². The number of hydrogen-bond acceptors (Lipinski definition) is 8. The standard InChI is InChI=1S/C18H12N2O6/c1-23-13-6-4-10(8-14(13)24-2)16-15(17(21)25-18(16)22)9-3-5-11-12(7-9)20-26-19-11/h3-8H,1-2H3. The van der Waals surface area contributed by atoms with Gasteiger partial charge in [0, 0.05) is 0 Å². The van der Waals surface area contributed by atoms with Gasteiger partial charge in [-0.15, -0.1) is 0 Å². The Kier molecular flexibility index (Phi) is 3.65. The van der Waals surface area contributed by atoms with Gasteiger partial charge in [0.1, 0.15) is 11.0 Å². The molecule has 4 rings (SSSR count). The number of aromatic nitrogens is 2. The molecule has 3 aromatic rings. The maximum Gasteiger partial charge on any atom is 0.347 e. The summed E-state index contributed by atoms with van der Waals surface area (Å²) in [5, 5.41) is 7.48. The number of carbonyl (C=O) groups is 2. The van der Waals surface area contributed by atoms with Gasteiger partial charge in [-0.3, -0.25) is 0 Å². The molecule has 0 spiro atoms. The quantitative estimate of drug-likeness (QED) is 0.520. The number of ether oxygens (including phenoxy) is 3. The highest BCUT2D eigenvalue weighted by Crippen LogP contribution is 2.38. The highest BCUT2D eigenvalue weighted by atomic mass is 16.6. The van der Waals surface area contributed by atoms with Gasteiger partial charge < -0.3 is 14.2 Å². The highest BCUT2D eigenvalue weighted by Gasteiger charge is 2.35. The molecule has 26 heavy (non-hydrogen) atoms. The summed E-state index contributed by atoms with van der Waals surface area (Å²) in [7, 11) is 3.00. The van der Waals surface area contributed by atoms with Crippen molar-refractivity contribution in [3.05, 3.63) is 47.5 Å². The average molecular weight is 352 g/mol. The third kappa shape index (κ3) is 2.39. The lowest BCUT2D eigenvalue weighted by Gasteiger charge is -2.10. The number of benzene rings is 2. The number of methoxy groups -OCH3 is 2. The van der Waals surface area contributed by atoms with Crippen LogP contribution in [0.3, 0.4) is 0 Å². The summed E-state index contributed by atoms with van der Waals surface area (Å²) in [4.78, 5) is 24.6. The summed E-state index contributed by atoms with van der Waals surface area (Å²) < 4.78 is 20.0. The average Bonchev–Trinajstić information content (AvgIpc) is 3.23. The van der Waals surface area contributed by atoms with Crippen molar-refractivity contribution in [1.29, 1.82) is 0 Å². The number of carbonyl (C=O) groups excluding carboxylic acids is 2. The maximum atomic E-state index is 12.3. The Balaban J connectivity index is 1.92. The minimum Gasteiger partial charge on any atom is -0.493 e. The lowest BCUT2D eigenvalue weighted by Crippen LogP contribution is -2.02. The normalized spacial score (nSPS) is 14.1. The first kappa shape index (κ1) is 15.8. The minimum atomic E-state index is -0.726. The Hall–Kier alpha value is -3.68. The van der Waals surface area contributed by atoms with Crippen molar-refractivity contribution in [1.82, 2.24) is 10.3 Å². The number of esters is 2. The first-order valence-corrected chi connectivity index (χ1v) is 7.58. The topological polar surface area (TPSA) is 101 Å². The molecule has 0 radical (unpaired) electrons. The molecule has 0 saturated heterocycles. The Labute approximate surface area is 146 Å². The van der Waals surface area contributed by atoms with Gasteiger partial charge in [-0.25, -0.2) is 14.2 Å². The second-order valence-corrected chi connectivity index (χ2v) is 5.46. The van der Waals surface area contributed by atoms with E-state index in [1.165, 1.54) is 14.2 Å². The van der Waals surface area contributed by atoms with E-state index in [-0.39, 0.29) is 11.1 Å². The van der Waals surface area contributed by atoms with E-state index in [4.69, 9.17) is 14.2 Å². The second-order valence-electron chi connectivity index (χ2n) is 5.46. The van der Waals surface area contributed by atoms with Crippen LogP contribution in [0.25, 0.3) is 22.2 Å². The van der Waals surface area contributed by atoms with Crippen LogP contribution in [0.15, 0.2) is 41.0 Å². The predicted octanol–water partition coefficient (Wildman–Crippen LogP) is 2.23. The first-order valence-electron chi connectivity index (χ1n) is 7.58. The number of hydrogen-bond donors (Lipinski definition) is 0. The summed E-state index contributed by atoms with van der Waals surface area (Å²) in [6.45, 7) is 0. The Morgan fingerprint density at radius 1 is 0.769 bits per heavy atom. The molecule has 8 nitrogen and oxygen atoms in total. The van der Waals surface area contributed by atoms with Gasteiger partial charge in [0.05, 0.1) is 25.4 Å². The third-order valence-electron chi connectivity index (χ3n) is 4.06. The fourth-order valence-electron chi connectivity index (χ4n) is 2.84. The molecule has 0 saturated carbocycles. The largest absolute Gasteiger partial charge is 0.493 e. The van der Waals surface area contributed by atoms with E-state index < -0.39 is 11.9 Å². The van der Waals surface area contributed by atoms with Gasteiger partial charge in [-0.05, 0) is 45.7 Å². The number of cyclic esters (lactones) is 2. The summed E-state index contributed by atoms with van der Waals surface area (Å²) in [6, 6.07) is 9.84. The Morgan fingerprint density at radius 3 is 2.08 bits per heavy atom. The summed E-state index contributed by atoms with van der Waals surface area (Å²) >= 11 is 0. The number of fused-ring (bicyclic) bond motifs is 1. The SMILES string of the molecule is COc1ccc(C2=C(c3ccc4nonc4c3)C(=O)OC2=O)cc1OC. The molecule has 1 aromatic heterocycles. The van der Waals surface area contributed by atoms with E-state index >= 15 is 0 Å².